The topological polar surface area (TPSA) is 55.3 Å². The number of nitrogens with zero attached hydrogens (tertiary/aromatic N) is 3. The number of carbonyl (C=O) groups excluding carboxylic acids is 1. The maximum Gasteiger partial charge on any atom is 0.410 e. The van der Waals surface area contributed by atoms with Crippen molar-refractivity contribution in [2.75, 3.05) is 19.3 Å². The number of aromatic nitrogens is 2. The SMILES string of the molecule is CSc1nc(Cl)cc(SC2CCCN(C(=O)OC(C)(C)C)C2)n1. The van der Waals surface area contributed by atoms with Crippen molar-refractivity contribution >= 4 is 41.2 Å². The number of hydrogen-bond donors (Lipinski definition) is 0. The lowest BCUT2D eigenvalue weighted by atomic mass is 10.1. The van der Waals surface area contributed by atoms with Gasteiger partial charge in [0.15, 0.2) is 5.16 Å². The number of thioether (sulfide) groups is 2. The van der Waals surface area contributed by atoms with Crippen LogP contribution in [0.4, 0.5) is 4.79 Å². The predicted octanol–water partition coefficient (Wildman–Crippen LogP) is 4.34. The Kier molecular flexibility index (Phi) is 6.45. The molecule has 23 heavy (non-hydrogen) atoms. The molecule has 0 aromatic carbocycles. The van der Waals surface area contributed by atoms with E-state index in [4.69, 9.17) is 16.3 Å². The summed E-state index contributed by atoms with van der Waals surface area (Å²) in [5.41, 5.74) is -0.468. The molecule has 1 aromatic heterocycles. The molecule has 1 amide bonds. The molecule has 1 atom stereocenters. The third-order valence-corrected chi connectivity index (χ3v) is 5.06. The third-order valence-electron chi connectivity index (χ3n) is 3.15. The lowest BCUT2D eigenvalue weighted by Gasteiger charge is -2.33. The van der Waals surface area contributed by atoms with Gasteiger partial charge in [0, 0.05) is 24.4 Å². The standard InChI is InChI=1S/C15H22ClN3O2S2/c1-15(2,3)21-14(20)19-7-5-6-10(9-19)23-12-8-11(16)17-13(18-12)22-4/h8,10H,5-7,9H2,1-4H3. The zero-order valence-corrected chi connectivity index (χ0v) is 16.2. The summed E-state index contributed by atoms with van der Waals surface area (Å²) in [4.78, 5) is 22.6. The average Bonchev–Trinajstić information content (AvgIpc) is 2.45. The first-order valence-electron chi connectivity index (χ1n) is 7.50. The van der Waals surface area contributed by atoms with Crippen LogP contribution in [0.15, 0.2) is 16.2 Å². The van der Waals surface area contributed by atoms with Gasteiger partial charge in [-0.3, -0.25) is 0 Å². The first-order valence-corrected chi connectivity index (χ1v) is 9.98. The molecule has 5 nitrogen and oxygen atoms in total. The maximum absolute atomic E-state index is 12.2. The number of amides is 1. The van der Waals surface area contributed by atoms with Crippen molar-refractivity contribution in [2.24, 2.45) is 0 Å². The Bertz CT molecular complexity index is 566. The van der Waals surface area contributed by atoms with Crippen LogP contribution in [0.1, 0.15) is 33.6 Å². The van der Waals surface area contributed by atoms with Crippen LogP contribution in [0, 0.1) is 0 Å². The van der Waals surface area contributed by atoms with Gasteiger partial charge in [-0.1, -0.05) is 23.4 Å². The van der Waals surface area contributed by atoms with E-state index in [2.05, 4.69) is 9.97 Å². The predicted molar refractivity (Wildman–Crippen MR) is 95.5 cm³/mol. The van der Waals surface area contributed by atoms with Crippen LogP contribution in [0.25, 0.3) is 0 Å². The third kappa shape index (κ3) is 6.04. The fraction of sp³-hybridized carbons (Fsp3) is 0.667. The molecular weight excluding hydrogens is 354 g/mol. The number of hydrogen-bond acceptors (Lipinski definition) is 6. The average molecular weight is 376 g/mol. The summed E-state index contributed by atoms with van der Waals surface area (Å²) in [5, 5.41) is 2.26. The Balaban J connectivity index is 1.99. The molecule has 1 aromatic rings. The van der Waals surface area contributed by atoms with E-state index in [1.807, 2.05) is 27.0 Å². The molecule has 8 heteroatoms. The van der Waals surface area contributed by atoms with E-state index in [0.717, 1.165) is 24.4 Å². The van der Waals surface area contributed by atoms with Crippen LogP contribution in [-0.2, 0) is 4.74 Å². The monoisotopic (exact) mass is 375 g/mol. The molecule has 1 saturated heterocycles. The summed E-state index contributed by atoms with van der Waals surface area (Å²) in [6.45, 7) is 7.05. The molecule has 1 aliphatic rings. The maximum atomic E-state index is 12.2. The van der Waals surface area contributed by atoms with E-state index in [1.54, 1.807) is 22.7 Å². The van der Waals surface area contributed by atoms with E-state index in [9.17, 15) is 4.79 Å². The zero-order valence-electron chi connectivity index (χ0n) is 13.8. The minimum atomic E-state index is -0.468. The lowest BCUT2D eigenvalue weighted by molar-refractivity contribution is 0.0220. The normalized spacial score (nSPS) is 18.8. The quantitative estimate of drug-likeness (QED) is 0.445. The van der Waals surface area contributed by atoms with E-state index in [0.29, 0.717) is 16.9 Å². The van der Waals surface area contributed by atoms with Crippen LogP contribution in [-0.4, -0.2) is 51.2 Å². The second-order valence-corrected chi connectivity index (χ2v) is 8.81. The van der Waals surface area contributed by atoms with Crippen molar-refractivity contribution in [1.82, 2.24) is 14.9 Å². The minimum Gasteiger partial charge on any atom is -0.444 e. The summed E-state index contributed by atoms with van der Waals surface area (Å²) in [6, 6.07) is 1.78. The van der Waals surface area contributed by atoms with Gasteiger partial charge in [-0.25, -0.2) is 14.8 Å². The summed E-state index contributed by atoms with van der Waals surface area (Å²) in [7, 11) is 0. The molecule has 0 radical (unpaired) electrons. The van der Waals surface area contributed by atoms with Gasteiger partial charge >= 0.3 is 6.09 Å². The fourth-order valence-electron chi connectivity index (χ4n) is 2.23. The van der Waals surface area contributed by atoms with Gasteiger partial charge in [-0.15, -0.1) is 11.8 Å². The second kappa shape index (κ2) is 7.94. The number of piperidine rings is 1. The Hall–Kier alpha value is -0.660. The van der Waals surface area contributed by atoms with Crippen molar-refractivity contribution in [3.8, 4) is 0 Å². The molecule has 1 aliphatic heterocycles. The molecule has 1 unspecified atom stereocenters. The van der Waals surface area contributed by atoms with Crippen LogP contribution in [0.3, 0.4) is 0 Å². The molecular formula is C15H22ClN3O2S2. The van der Waals surface area contributed by atoms with Crippen LogP contribution < -0.4 is 0 Å². The van der Waals surface area contributed by atoms with E-state index in [1.165, 1.54) is 11.8 Å². The van der Waals surface area contributed by atoms with E-state index in [-0.39, 0.29) is 11.3 Å². The highest BCUT2D eigenvalue weighted by atomic mass is 35.5. The van der Waals surface area contributed by atoms with Crippen molar-refractivity contribution < 1.29 is 9.53 Å². The van der Waals surface area contributed by atoms with Crippen LogP contribution in [0.2, 0.25) is 5.15 Å². The second-order valence-electron chi connectivity index (χ2n) is 6.32. The first-order chi connectivity index (χ1) is 10.8. The van der Waals surface area contributed by atoms with E-state index >= 15 is 0 Å². The molecule has 2 heterocycles. The lowest BCUT2D eigenvalue weighted by Crippen LogP contribution is -2.43. The first kappa shape index (κ1) is 18.7. The largest absolute Gasteiger partial charge is 0.444 e. The fourth-order valence-corrected chi connectivity index (χ4v) is 4.16. The van der Waals surface area contributed by atoms with Gasteiger partial charge in [0.25, 0.3) is 0 Å². The molecule has 0 spiro atoms. The molecule has 0 N–H and O–H groups in total. The molecule has 0 saturated carbocycles. The summed E-state index contributed by atoms with van der Waals surface area (Å²) in [6.07, 6.45) is 3.68. The van der Waals surface area contributed by atoms with Crippen molar-refractivity contribution in [2.45, 2.75) is 54.6 Å². The van der Waals surface area contributed by atoms with Gasteiger partial charge in [0.1, 0.15) is 15.8 Å². The molecule has 1 fully saturated rings. The van der Waals surface area contributed by atoms with Gasteiger partial charge in [-0.05, 0) is 39.9 Å². The van der Waals surface area contributed by atoms with Crippen LogP contribution in [0.5, 0.6) is 0 Å². The molecule has 2 rings (SSSR count). The highest BCUT2D eigenvalue weighted by molar-refractivity contribution is 8.00. The molecule has 0 bridgehead atoms. The number of halogens is 1. The Morgan fingerprint density at radius 3 is 2.83 bits per heavy atom. The van der Waals surface area contributed by atoms with Gasteiger partial charge in [0.05, 0.1) is 0 Å². The van der Waals surface area contributed by atoms with Gasteiger partial charge < -0.3 is 9.64 Å². The molecule has 0 aliphatic carbocycles. The Morgan fingerprint density at radius 2 is 2.17 bits per heavy atom. The Morgan fingerprint density at radius 1 is 1.43 bits per heavy atom. The highest BCUT2D eigenvalue weighted by Gasteiger charge is 2.28. The zero-order chi connectivity index (χ0) is 17.0. The van der Waals surface area contributed by atoms with Crippen LogP contribution >= 0.6 is 35.1 Å². The van der Waals surface area contributed by atoms with Gasteiger partial charge in [-0.2, -0.15) is 0 Å². The number of rotatable bonds is 3. The number of likely N-dealkylation sites (tertiary alicyclic amines) is 1. The summed E-state index contributed by atoms with van der Waals surface area (Å²) in [5.74, 6) is 0. The highest BCUT2D eigenvalue weighted by Crippen LogP contribution is 2.31. The van der Waals surface area contributed by atoms with E-state index < -0.39 is 5.60 Å². The molecule has 128 valence electrons. The number of ether oxygens (including phenoxy) is 1. The van der Waals surface area contributed by atoms with Gasteiger partial charge in [0.2, 0.25) is 0 Å². The Labute approximate surface area is 150 Å². The smallest absolute Gasteiger partial charge is 0.410 e. The summed E-state index contributed by atoms with van der Waals surface area (Å²) >= 11 is 9.15. The van der Waals surface area contributed by atoms with Crippen molar-refractivity contribution in [3.63, 3.8) is 0 Å². The number of carbonyl (C=O) groups is 1. The summed E-state index contributed by atoms with van der Waals surface area (Å²) < 4.78 is 5.46. The van der Waals surface area contributed by atoms with Crippen molar-refractivity contribution in [3.05, 3.63) is 11.2 Å². The minimum absolute atomic E-state index is 0.242. The van der Waals surface area contributed by atoms with Crippen molar-refractivity contribution in [1.29, 1.82) is 0 Å².